The van der Waals surface area contributed by atoms with E-state index in [0.29, 0.717) is 23.0 Å². The van der Waals surface area contributed by atoms with Crippen LogP contribution in [0.15, 0.2) is 24.3 Å². The third kappa shape index (κ3) is 3.00. The molecule has 19 heavy (non-hydrogen) atoms. The fourth-order valence-corrected chi connectivity index (χ4v) is 1.78. The number of methoxy groups -OCH3 is 2. The minimum absolute atomic E-state index is 0.114. The van der Waals surface area contributed by atoms with E-state index >= 15 is 0 Å². The lowest BCUT2D eigenvalue weighted by Crippen LogP contribution is -1.98. The molecule has 0 unspecified atom stereocenters. The molecule has 0 fully saturated rings. The Bertz CT molecular complexity index is 563. The predicted molar refractivity (Wildman–Crippen MR) is 71.2 cm³/mol. The van der Waals surface area contributed by atoms with Gasteiger partial charge in [-0.1, -0.05) is 0 Å². The van der Waals surface area contributed by atoms with Crippen molar-refractivity contribution in [1.29, 1.82) is 0 Å². The fraction of sp³-hybridized carbons (Fsp3) is 0.286. The number of hydrogen-bond donors (Lipinski definition) is 1. The second-order valence-corrected chi connectivity index (χ2v) is 4.08. The van der Waals surface area contributed by atoms with Crippen molar-refractivity contribution < 1.29 is 14.6 Å². The molecule has 2 rings (SSSR count). The quantitative estimate of drug-likeness (QED) is 0.910. The molecular formula is C14H16N2O3. The van der Waals surface area contributed by atoms with Crippen LogP contribution in [0.4, 0.5) is 0 Å². The standard InChI is InChI=1S/C14H16N2O3/c1-9-4-11(8-17)16-14(15-9)10-5-12(18-2)7-13(6-10)19-3/h4-7,17H,8H2,1-3H3. The highest BCUT2D eigenvalue weighted by Gasteiger charge is 2.08. The number of benzene rings is 1. The molecule has 5 nitrogen and oxygen atoms in total. The Morgan fingerprint density at radius 1 is 1.00 bits per heavy atom. The van der Waals surface area contributed by atoms with E-state index in [9.17, 15) is 5.11 Å². The number of ether oxygens (including phenoxy) is 2. The Morgan fingerprint density at radius 2 is 1.63 bits per heavy atom. The van der Waals surface area contributed by atoms with Gasteiger partial charge in [0.05, 0.1) is 26.5 Å². The maximum absolute atomic E-state index is 9.20. The topological polar surface area (TPSA) is 64.5 Å². The molecule has 0 aliphatic heterocycles. The maximum atomic E-state index is 9.20. The van der Waals surface area contributed by atoms with E-state index in [1.165, 1.54) is 0 Å². The average molecular weight is 260 g/mol. The lowest BCUT2D eigenvalue weighted by Gasteiger charge is -2.09. The number of aliphatic hydroxyl groups is 1. The Morgan fingerprint density at radius 3 is 2.16 bits per heavy atom. The van der Waals surface area contributed by atoms with Crippen molar-refractivity contribution in [3.8, 4) is 22.9 Å². The third-order valence-electron chi connectivity index (χ3n) is 2.68. The maximum Gasteiger partial charge on any atom is 0.159 e. The molecule has 1 aromatic heterocycles. The lowest BCUT2D eigenvalue weighted by molar-refractivity contribution is 0.276. The van der Waals surface area contributed by atoms with Crippen LogP contribution in [-0.4, -0.2) is 29.3 Å². The van der Waals surface area contributed by atoms with E-state index in [-0.39, 0.29) is 6.61 Å². The highest BCUT2D eigenvalue weighted by molar-refractivity contribution is 5.61. The summed E-state index contributed by atoms with van der Waals surface area (Å²) in [5.74, 6) is 1.89. The third-order valence-corrected chi connectivity index (χ3v) is 2.68. The minimum atomic E-state index is -0.114. The van der Waals surface area contributed by atoms with Gasteiger partial charge in [0, 0.05) is 17.3 Å². The van der Waals surface area contributed by atoms with E-state index < -0.39 is 0 Å². The first kappa shape index (κ1) is 13.3. The van der Waals surface area contributed by atoms with Crippen LogP contribution in [-0.2, 0) is 6.61 Å². The van der Waals surface area contributed by atoms with Crippen LogP contribution < -0.4 is 9.47 Å². The van der Waals surface area contributed by atoms with Crippen molar-refractivity contribution in [2.75, 3.05) is 14.2 Å². The predicted octanol–water partition coefficient (Wildman–Crippen LogP) is 1.96. The number of rotatable bonds is 4. The average Bonchev–Trinajstić information content (AvgIpc) is 2.45. The van der Waals surface area contributed by atoms with E-state index in [2.05, 4.69) is 9.97 Å². The number of aromatic nitrogens is 2. The smallest absolute Gasteiger partial charge is 0.159 e. The molecular weight excluding hydrogens is 244 g/mol. The van der Waals surface area contributed by atoms with Gasteiger partial charge in [-0.15, -0.1) is 0 Å². The summed E-state index contributed by atoms with van der Waals surface area (Å²) in [6, 6.07) is 7.20. The number of hydrogen-bond acceptors (Lipinski definition) is 5. The molecule has 0 atom stereocenters. The summed E-state index contributed by atoms with van der Waals surface area (Å²) in [6.45, 7) is 1.75. The summed E-state index contributed by atoms with van der Waals surface area (Å²) < 4.78 is 10.4. The summed E-state index contributed by atoms with van der Waals surface area (Å²) in [4.78, 5) is 8.67. The molecule has 0 spiro atoms. The van der Waals surface area contributed by atoms with Crippen molar-refractivity contribution in [2.24, 2.45) is 0 Å². The molecule has 0 radical (unpaired) electrons. The van der Waals surface area contributed by atoms with Crippen LogP contribution in [0.2, 0.25) is 0 Å². The van der Waals surface area contributed by atoms with Crippen LogP contribution >= 0.6 is 0 Å². The number of nitrogens with zero attached hydrogens (tertiary/aromatic N) is 2. The number of aryl methyl sites for hydroxylation is 1. The first-order valence-electron chi connectivity index (χ1n) is 5.85. The fourth-order valence-electron chi connectivity index (χ4n) is 1.78. The molecule has 0 saturated heterocycles. The molecule has 0 aliphatic carbocycles. The Hall–Kier alpha value is -2.14. The van der Waals surface area contributed by atoms with Gasteiger partial charge in [-0.25, -0.2) is 9.97 Å². The Kier molecular flexibility index (Phi) is 3.97. The van der Waals surface area contributed by atoms with Gasteiger partial charge in [0.25, 0.3) is 0 Å². The summed E-state index contributed by atoms with van der Waals surface area (Å²) in [5, 5.41) is 9.20. The van der Waals surface area contributed by atoms with E-state index in [1.54, 1.807) is 26.4 Å². The van der Waals surface area contributed by atoms with Gasteiger partial charge in [-0.2, -0.15) is 0 Å². The molecule has 1 heterocycles. The van der Waals surface area contributed by atoms with Crippen molar-refractivity contribution >= 4 is 0 Å². The van der Waals surface area contributed by atoms with Gasteiger partial charge in [-0.3, -0.25) is 0 Å². The summed E-state index contributed by atoms with van der Waals surface area (Å²) in [7, 11) is 3.18. The minimum Gasteiger partial charge on any atom is -0.497 e. The molecule has 2 aromatic rings. The lowest BCUT2D eigenvalue weighted by atomic mass is 10.1. The molecule has 0 amide bonds. The van der Waals surface area contributed by atoms with Crippen LogP contribution in [0, 0.1) is 6.92 Å². The first-order chi connectivity index (χ1) is 9.16. The summed E-state index contributed by atoms with van der Waals surface area (Å²) in [6.07, 6.45) is 0. The molecule has 1 N–H and O–H groups in total. The molecule has 0 bridgehead atoms. The Labute approximate surface area is 111 Å². The van der Waals surface area contributed by atoms with E-state index in [0.717, 1.165) is 11.3 Å². The number of aliphatic hydroxyl groups excluding tert-OH is 1. The van der Waals surface area contributed by atoms with Gasteiger partial charge in [0.1, 0.15) is 11.5 Å². The van der Waals surface area contributed by atoms with Crippen molar-refractivity contribution in [1.82, 2.24) is 9.97 Å². The molecule has 0 saturated carbocycles. The van der Waals surface area contributed by atoms with Crippen molar-refractivity contribution in [2.45, 2.75) is 13.5 Å². The van der Waals surface area contributed by atoms with Crippen LogP contribution in [0.25, 0.3) is 11.4 Å². The molecule has 5 heteroatoms. The summed E-state index contributed by atoms with van der Waals surface area (Å²) >= 11 is 0. The van der Waals surface area contributed by atoms with E-state index in [1.807, 2.05) is 19.1 Å². The Balaban J connectivity index is 2.54. The second-order valence-electron chi connectivity index (χ2n) is 4.08. The first-order valence-corrected chi connectivity index (χ1v) is 5.85. The highest BCUT2D eigenvalue weighted by atomic mass is 16.5. The van der Waals surface area contributed by atoms with Gasteiger partial charge in [0.2, 0.25) is 0 Å². The molecule has 1 aromatic carbocycles. The monoisotopic (exact) mass is 260 g/mol. The largest absolute Gasteiger partial charge is 0.497 e. The second kappa shape index (κ2) is 5.67. The summed E-state index contributed by atoms with van der Waals surface area (Å²) in [5.41, 5.74) is 2.18. The van der Waals surface area contributed by atoms with Crippen LogP contribution in [0.3, 0.4) is 0 Å². The molecule has 0 aliphatic rings. The van der Waals surface area contributed by atoms with Gasteiger partial charge >= 0.3 is 0 Å². The van der Waals surface area contributed by atoms with Gasteiger partial charge < -0.3 is 14.6 Å². The van der Waals surface area contributed by atoms with E-state index in [4.69, 9.17) is 9.47 Å². The van der Waals surface area contributed by atoms with Crippen molar-refractivity contribution in [3.63, 3.8) is 0 Å². The zero-order valence-electron chi connectivity index (χ0n) is 11.2. The van der Waals surface area contributed by atoms with Crippen molar-refractivity contribution in [3.05, 3.63) is 35.7 Å². The zero-order chi connectivity index (χ0) is 13.8. The van der Waals surface area contributed by atoms with Crippen LogP contribution in [0.1, 0.15) is 11.4 Å². The van der Waals surface area contributed by atoms with Gasteiger partial charge in [0.15, 0.2) is 5.82 Å². The normalized spacial score (nSPS) is 10.3. The SMILES string of the molecule is COc1cc(OC)cc(-c2nc(C)cc(CO)n2)c1. The highest BCUT2D eigenvalue weighted by Crippen LogP contribution is 2.28. The van der Waals surface area contributed by atoms with Crippen LogP contribution in [0.5, 0.6) is 11.5 Å². The molecule has 100 valence electrons. The van der Waals surface area contributed by atoms with Gasteiger partial charge in [-0.05, 0) is 25.1 Å². The zero-order valence-corrected chi connectivity index (χ0v) is 11.2.